The summed E-state index contributed by atoms with van der Waals surface area (Å²) in [5, 5.41) is 4.25. The molecule has 3 nitrogen and oxygen atoms in total. The zero-order valence-electron chi connectivity index (χ0n) is 13.8. The lowest BCUT2D eigenvalue weighted by molar-refractivity contribution is -0.121. The minimum Gasteiger partial charge on any atom is -0.356 e. The third-order valence-electron chi connectivity index (χ3n) is 4.38. The second-order valence-electron chi connectivity index (χ2n) is 6.45. The number of benzene rings is 1. The monoisotopic (exact) mass is 356 g/mol. The van der Waals surface area contributed by atoms with Crippen molar-refractivity contribution in [1.29, 1.82) is 0 Å². The third-order valence-corrected chi connectivity index (χ3v) is 5.09. The molecule has 1 aliphatic rings. The highest BCUT2D eigenvalue weighted by Crippen LogP contribution is 2.25. The van der Waals surface area contributed by atoms with E-state index in [-0.39, 0.29) is 5.91 Å². The van der Waals surface area contributed by atoms with E-state index < -0.39 is 0 Å². The second-order valence-corrected chi connectivity index (χ2v) is 7.27. The van der Waals surface area contributed by atoms with Crippen LogP contribution in [0.25, 0.3) is 0 Å². The van der Waals surface area contributed by atoms with Gasteiger partial charge in [0.1, 0.15) is 0 Å². The van der Waals surface area contributed by atoms with E-state index in [1.54, 1.807) is 12.1 Å². The summed E-state index contributed by atoms with van der Waals surface area (Å²) in [6.45, 7) is 6.51. The van der Waals surface area contributed by atoms with Crippen molar-refractivity contribution in [1.82, 2.24) is 10.2 Å². The molecule has 0 aliphatic carbocycles. The number of hydrogen-bond donors (Lipinski definition) is 1. The number of likely N-dealkylation sites (tertiary alicyclic amines) is 1. The molecule has 1 N–H and O–H groups in total. The normalized spacial score (nSPS) is 18.8. The van der Waals surface area contributed by atoms with Crippen LogP contribution >= 0.6 is 23.2 Å². The number of nitrogens with zero attached hydrogens (tertiary/aromatic N) is 1. The van der Waals surface area contributed by atoms with Crippen LogP contribution in [0.3, 0.4) is 0 Å². The van der Waals surface area contributed by atoms with Crippen LogP contribution in [0.4, 0.5) is 0 Å². The van der Waals surface area contributed by atoms with Gasteiger partial charge in [-0.15, -0.1) is 0 Å². The van der Waals surface area contributed by atoms with E-state index in [9.17, 15) is 4.79 Å². The van der Waals surface area contributed by atoms with Gasteiger partial charge in [0, 0.05) is 29.6 Å². The number of carbonyl (C=O) groups is 1. The Balaban J connectivity index is 1.62. The van der Waals surface area contributed by atoms with Gasteiger partial charge in [-0.3, -0.25) is 4.79 Å². The lowest BCUT2D eigenvalue weighted by Gasteiger charge is -2.30. The van der Waals surface area contributed by atoms with Crippen LogP contribution < -0.4 is 5.32 Å². The molecule has 1 aromatic rings. The summed E-state index contributed by atoms with van der Waals surface area (Å²) in [6, 6.07) is 5.43. The lowest BCUT2D eigenvalue weighted by atomic mass is 10.0. The first-order chi connectivity index (χ1) is 11.1. The largest absolute Gasteiger partial charge is 0.356 e. The van der Waals surface area contributed by atoms with Gasteiger partial charge in [0.25, 0.3) is 0 Å². The minimum atomic E-state index is 0.0630. The van der Waals surface area contributed by atoms with E-state index in [1.165, 1.54) is 25.9 Å². The number of halogens is 2. The molecule has 1 fully saturated rings. The van der Waals surface area contributed by atoms with Crippen molar-refractivity contribution in [3.63, 3.8) is 0 Å². The average molecular weight is 357 g/mol. The number of piperidine rings is 1. The Labute approximate surface area is 149 Å². The average Bonchev–Trinajstić information content (AvgIpc) is 2.51. The number of hydrogen-bond acceptors (Lipinski definition) is 2. The van der Waals surface area contributed by atoms with Crippen molar-refractivity contribution in [2.75, 3.05) is 26.2 Å². The van der Waals surface area contributed by atoms with Gasteiger partial charge in [-0.1, -0.05) is 36.2 Å². The van der Waals surface area contributed by atoms with Gasteiger partial charge in [-0.05, 0) is 62.4 Å². The zero-order chi connectivity index (χ0) is 16.7. The Morgan fingerprint density at radius 1 is 1.35 bits per heavy atom. The second kappa shape index (κ2) is 9.51. The molecule has 128 valence electrons. The van der Waals surface area contributed by atoms with E-state index in [1.807, 2.05) is 6.07 Å². The Morgan fingerprint density at radius 3 is 2.78 bits per heavy atom. The number of nitrogens with one attached hydrogen (secondary N) is 1. The Morgan fingerprint density at radius 2 is 2.09 bits per heavy atom. The van der Waals surface area contributed by atoms with E-state index in [0.29, 0.717) is 22.9 Å². The van der Waals surface area contributed by atoms with Gasteiger partial charge in [-0.2, -0.15) is 0 Å². The summed E-state index contributed by atoms with van der Waals surface area (Å²) >= 11 is 12.2. The van der Waals surface area contributed by atoms with Crippen molar-refractivity contribution in [2.45, 2.75) is 39.0 Å². The fourth-order valence-corrected chi connectivity index (χ4v) is 3.70. The molecule has 1 saturated heterocycles. The minimum absolute atomic E-state index is 0.0630. The Hall–Kier alpha value is -0.770. The van der Waals surface area contributed by atoms with E-state index in [4.69, 9.17) is 23.2 Å². The van der Waals surface area contributed by atoms with Crippen molar-refractivity contribution >= 4 is 29.1 Å². The molecular formula is C18H26Cl2N2O. The lowest BCUT2D eigenvalue weighted by Crippen LogP contribution is -2.36. The standard InChI is InChI=1S/C18H26Cl2N2O/c1-14-5-3-11-22(13-14)12-4-10-21-18(23)9-8-15-16(19)6-2-7-17(15)20/h2,6-7,14H,3-5,8-13H2,1H3,(H,21,23). The predicted octanol–water partition coefficient (Wildman–Crippen LogP) is 4.16. The van der Waals surface area contributed by atoms with Crippen LogP contribution in [-0.2, 0) is 11.2 Å². The van der Waals surface area contributed by atoms with Crippen LogP contribution in [-0.4, -0.2) is 37.0 Å². The van der Waals surface area contributed by atoms with Crippen LogP contribution in [0, 0.1) is 5.92 Å². The van der Waals surface area contributed by atoms with Crippen molar-refractivity contribution in [3.05, 3.63) is 33.8 Å². The third kappa shape index (κ3) is 6.33. The van der Waals surface area contributed by atoms with Gasteiger partial charge in [-0.25, -0.2) is 0 Å². The first-order valence-corrected chi connectivity index (χ1v) is 9.24. The quantitative estimate of drug-likeness (QED) is 0.743. The molecule has 0 spiro atoms. The molecule has 23 heavy (non-hydrogen) atoms. The maximum Gasteiger partial charge on any atom is 0.220 e. The van der Waals surface area contributed by atoms with Gasteiger partial charge in [0.2, 0.25) is 5.91 Å². The smallest absolute Gasteiger partial charge is 0.220 e. The molecular weight excluding hydrogens is 331 g/mol. The summed E-state index contributed by atoms with van der Waals surface area (Å²) in [4.78, 5) is 14.4. The van der Waals surface area contributed by atoms with Crippen molar-refractivity contribution < 1.29 is 4.79 Å². The predicted molar refractivity (Wildman–Crippen MR) is 97.2 cm³/mol. The summed E-state index contributed by atoms with van der Waals surface area (Å²) in [5.41, 5.74) is 0.855. The van der Waals surface area contributed by atoms with Crippen LogP contribution in [0.15, 0.2) is 18.2 Å². The van der Waals surface area contributed by atoms with Gasteiger partial charge < -0.3 is 10.2 Å². The van der Waals surface area contributed by atoms with Crippen LogP contribution in [0.1, 0.15) is 38.2 Å². The van der Waals surface area contributed by atoms with Crippen molar-refractivity contribution in [3.8, 4) is 0 Å². The molecule has 1 unspecified atom stereocenters. The van der Waals surface area contributed by atoms with Gasteiger partial charge in [0.05, 0.1) is 0 Å². The highest BCUT2D eigenvalue weighted by molar-refractivity contribution is 6.36. The maximum absolute atomic E-state index is 11.9. The summed E-state index contributed by atoms with van der Waals surface area (Å²) in [7, 11) is 0. The summed E-state index contributed by atoms with van der Waals surface area (Å²) < 4.78 is 0. The van der Waals surface area contributed by atoms with E-state index >= 15 is 0 Å². The molecule has 0 saturated carbocycles. The summed E-state index contributed by atoms with van der Waals surface area (Å²) in [5.74, 6) is 0.867. The van der Waals surface area contributed by atoms with E-state index in [2.05, 4.69) is 17.1 Å². The molecule has 1 heterocycles. The topological polar surface area (TPSA) is 32.3 Å². The van der Waals surface area contributed by atoms with Gasteiger partial charge >= 0.3 is 0 Å². The fourth-order valence-electron chi connectivity index (χ4n) is 3.12. The molecule has 1 aromatic carbocycles. The van der Waals surface area contributed by atoms with Crippen LogP contribution in [0.5, 0.6) is 0 Å². The molecule has 1 atom stereocenters. The first-order valence-electron chi connectivity index (χ1n) is 8.48. The maximum atomic E-state index is 11.9. The Bertz CT molecular complexity index is 501. The molecule has 2 rings (SSSR count). The highest BCUT2D eigenvalue weighted by atomic mass is 35.5. The first kappa shape index (κ1) is 18.6. The highest BCUT2D eigenvalue weighted by Gasteiger charge is 2.15. The number of carbonyl (C=O) groups excluding carboxylic acids is 1. The fraction of sp³-hybridized carbons (Fsp3) is 0.611. The van der Waals surface area contributed by atoms with Crippen LogP contribution in [0.2, 0.25) is 10.0 Å². The molecule has 5 heteroatoms. The SMILES string of the molecule is CC1CCCN(CCCNC(=O)CCc2c(Cl)cccc2Cl)C1. The van der Waals surface area contributed by atoms with Gasteiger partial charge in [0.15, 0.2) is 0 Å². The van der Waals surface area contributed by atoms with E-state index in [0.717, 1.165) is 31.0 Å². The zero-order valence-corrected chi connectivity index (χ0v) is 15.3. The number of rotatable bonds is 7. The molecule has 0 aromatic heterocycles. The molecule has 0 radical (unpaired) electrons. The molecule has 1 aliphatic heterocycles. The molecule has 0 bridgehead atoms. The Kier molecular flexibility index (Phi) is 7.68. The molecule has 1 amide bonds. The van der Waals surface area contributed by atoms with Crippen molar-refractivity contribution in [2.24, 2.45) is 5.92 Å². The number of amides is 1. The summed E-state index contributed by atoms with van der Waals surface area (Å²) in [6.07, 6.45) is 4.65.